The van der Waals surface area contributed by atoms with Crippen molar-refractivity contribution < 1.29 is 26.0 Å². The first-order valence-electron chi connectivity index (χ1n) is 35.6. The molecule has 0 bridgehead atoms. The Kier molecular flexibility index (Phi) is 16.1. The van der Waals surface area contributed by atoms with Gasteiger partial charge in [0.15, 0.2) is 18.6 Å². The van der Waals surface area contributed by atoms with Gasteiger partial charge in [0.2, 0.25) is 17.1 Å². The SMILES string of the molecule is [2H]C([2H])([2H])c1cc(C)c(-c2ccc(C(C)(C)C)c[n+]2C)cc1-c1ccccc1C(C)(C)C.[2H]C([2H])([2H])c1cc(C)c(-c2ccc(C(C)(C)C)c[n+]2C)cc1-c1ccccc1C(C)(C)C.[2H]C([2H])([2H])c1cc(C)c(-c2ccc(C(C)(C)C)c[n+]2C)cc1-c1ccccc1C(C)(C)C. The number of pyridine rings is 3. The standard InChI is InChI=1S/3C28H36N/c3*1-19-16-20(2)24(26-15-14-21(18-29(26)9)27(3,4)5)17-23(19)22-12-10-11-13-25(22)28(6,7)8/h3*10-18H,1-9H3/q3*+1/i3*1D3. The molecule has 456 valence electrons. The van der Waals surface area contributed by atoms with E-state index in [4.69, 9.17) is 12.3 Å². The van der Waals surface area contributed by atoms with Gasteiger partial charge in [-0.3, -0.25) is 0 Å². The van der Waals surface area contributed by atoms with E-state index in [0.717, 1.165) is 101 Å². The Morgan fingerprint density at radius 1 is 0.253 bits per heavy atom. The second-order valence-electron chi connectivity index (χ2n) is 30.5. The molecule has 3 heteroatoms. The summed E-state index contributed by atoms with van der Waals surface area (Å²) in [6.07, 6.45) is 6.53. The molecule has 0 radical (unpaired) electrons. The number of rotatable bonds is 6. The van der Waals surface area contributed by atoms with Crippen molar-refractivity contribution in [1.29, 1.82) is 0 Å². The van der Waals surface area contributed by atoms with Crippen molar-refractivity contribution in [3.05, 3.63) is 231 Å². The van der Waals surface area contributed by atoms with Crippen LogP contribution in [0.25, 0.3) is 67.2 Å². The fourth-order valence-corrected chi connectivity index (χ4v) is 11.7. The van der Waals surface area contributed by atoms with Gasteiger partial charge in [-0.1, -0.05) is 216 Å². The summed E-state index contributed by atoms with van der Waals surface area (Å²) in [7, 11) is 6.18. The molecular weight excluding hydrogens is 1050 g/mol. The van der Waals surface area contributed by atoms with Gasteiger partial charge in [-0.15, -0.1) is 0 Å². The molecule has 0 fully saturated rings. The van der Waals surface area contributed by atoms with Crippen molar-refractivity contribution in [1.82, 2.24) is 0 Å². The molecule has 3 heterocycles. The number of benzene rings is 6. The minimum absolute atomic E-state index is 0.0628. The zero-order chi connectivity index (χ0) is 72.2. The summed E-state index contributed by atoms with van der Waals surface area (Å²) in [6.45, 7) is 38.8. The van der Waals surface area contributed by atoms with E-state index in [0.29, 0.717) is 16.7 Å². The molecule has 0 aliphatic heterocycles. The van der Waals surface area contributed by atoms with Crippen LogP contribution in [0.1, 0.15) is 204 Å². The van der Waals surface area contributed by atoms with Crippen LogP contribution in [-0.4, -0.2) is 0 Å². The monoisotopic (exact) mass is 1170 g/mol. The van der Waals surface area contributed by atoms with E-state index in [2.05, 4.69) is 251 Å². The van der Waals surface area contributed by atoms with E-state index in [9.17, 15) is 0 Å². The Bertz CT molecular complexity index is 3870. The van der Waals surface area contributed by atoms with Crippen LogP contribution in [0.5, 0.6) is 0 Å². The van der Waals surface area contributed by atoms with Crippen molar-refractivity contribution >= 4 is 0 Å². The average molecular weight is 1170 g/mol. The van der Waals surface area contributed by atoms with E-state index in [1.165, 1.54) is 16.7 Å². The fourth-order valence-electron chi connectivity index (χ4n) is 11.7. The molecule has 87 heavy (non-hydrogen) atoms. The van der Waals surface area contributed by atoms with Gasteiger partial charge in [0.1, 0.15) is 21.1 Å². The molecule has 6 aromatic carbocycles. The molecule has 0 saturated heterocycles. The van der Waals surface area contributed by atoms with Crippen molar-refractivity contribution in [3.8, 4) is 67.2 Å². The lowest BCUT2D eigenvalue weighted by molar-refractivity contribution is -0.661. The Balaban J connectivity index is 0.000000203. The molecule has 3 aromatic heterocycles. The summed E-state index contributed by atoms with van der Waals surface area (Å²) in [5.74, 6) is 0. The first-order valence-corrected chi connectivity index (χ1v) is 31.1. The molecule has 9 rings (SSSR count). The van der Waals surface area contributed by atoms with Gasteiger partial charge in [0, 0.05) is 63.9 Å². The number of nitrogens with zero attached hydrogens (tertiary/aromatic N) is 3. The van der Waals surface area contributed by atoms with Crippen LogP contribution in [0.3, 0.4) is 0 Å². The summed E-state index contributed by atoms with van der Waals surface area (Å²) in [6, 6.07) is 49.3. The van der Waals surface area contributed by atoms with Gasteiger partial charge >= 0.3 is 0 Å². The van der Waals surface area contributed by atoms with Gasteiger partial charge < -0.3 is 0 Å². The van der Waals surface area contributed by atoms with Crippen molar-refractivity contribution in [2.75, 3.05) is 0 Å². The van der Waals surface area contributed by atoms with E-state index in [1.807, 2.05) is 93.6 Å². The molecule has 0 unspecified atom stereocenters. The third-order valence-electron chi connectivity index (χ3n) is 17.0. The molecule has 0 spiro atoms. The Morgan fingerprint density at radius 3 is 0.678 bits per heavy atom. The van der Waals surface area contributed by atoms with Crippen molar-refractivity contribution in [2.24, 2.45) is 21.1 Å². The van der Waals surface area contributed by atoms with E-state index in [-0.39, 0.29) is 32.5 Å². The second kappa shape index (κ2) is 25.5. The normalized spacial score (nSPS) is 14.3. The molecule has 9 aromatic rings. The maximum absolute atomic E-state index is 8.23. The van der Waals surface area contributed by atoms with Crippen LogP contribution < -0.4 is 13.7 Å². The second-order valence-corrected chi connectivity index (χ2v) is 30.5. The van der Waals surface area contributed by atoms with Crippen LogP contribution in [-0.2, 0) is 53.6 Å². The Morgan fingerprint density at radius 2 is 0.483 bits per heavy atom. The number of aryl methyl sites for hydroxylation is 9. The van der Waals surface area contributed by atoms with Gasteiger partial charge in [-0.25, -0.2) is 13.7 Å². The maximum atomic E-state index is 8.23. The molecule has 0 saturated carbocycles. The largest absolute Gasteiger partial charge is 0.212 e. The van der Waals surface area contributed by atoms with E-state index >= 15 is 0 Å². The molecular formula is C84H108N3+3. The predicted octanol–water partition coefficient (Wildman–Crippen LogP) is 21.2. The number of hydrogen-bond acceptors (Lipinski definition) is 0. The molecule has 0 N–H and O–H groups in total. The summed E-state index contributed by atoms with van der Waals surface area (Å²) >= 11 is 0. The highest BCUT2D eigenvalue weighted by molar-refractivity contribution is 5.81. The maximum Gasteiger partial charge on any atom is 0.212 e. The topological polar surface area (TPSA) is 11.6 Å². The fraction of sp³-hybridized carbons (Fsp3) is 0.393. The van der Waals surface area contributed by atoms with Crippen LogP contribution >= 0.6 is 0 Å². The average Bonchev–Trinajstić information content (AvgIpc) is 0.775. The predicted molar refractivity (Wildman–Crippen MR) is 376 cm³/mol. The molecule has 0 aliphatic carbocycles. The zero-order valence-corrected chi connectivity index (χ0v) is 57.4. The minimum atomic E-state index is -2.19. The first kappa shape index (κ1) is 55.1. The quantitative estimate of drug-likeness (QED) is 0.147. The Hall–Kier alpha value is -7.23. The summed E-state index contributed by atoms with van der Waals surface area (Å²) in [4.78, 5) is 0. The van der Waals surface area contributed by atoms with Crippen LogP contribution in [0, 0.1) is 41.3 Å². The summed E-state index contributed by atoms with van der Waals surface area (Å²) in [5, 5.41) is 0. The van der Waals surface area contributed by atoms with Gasteiger partial charge in [-0.05, 0) is 194 Å². The van der Waals surface area contributed by atoms with Gasteiger partial charge in [-0.2, -0.15) is 0 Å². The third-order valence-corrected chi connectivity index (χ3v) is 17.0. The zero-order valence-electron chi connectivity index (χ0n) is 66.4. The van der Waals surface area contributed by atoms with Gasteiger partial charge in [0.25, 0.3) is 0 Å². The highest BCUT2D eigenvalue weighted by Crippen LogP contribution is 2.41. The minimum Gasteiger partial charge on any atom is -0.201 e. The van der Waals surface area contributed by atoms with Gasteiger partial charge in [0.05, 0.1) is 0 Å². The Labute approximate surface area is 541 Å². The summed E-state index contributed by atoms with van der Waals surface area (Å²) < 4.78 is 80.5. The highest BCUT2D eigenvalue weighted by Gasteiger charge is 2.28. The summed E-state index contributed by atoms with van der Waals surface area (Å²) in [5.41, 5.74) is 22.9. The van der Waals surface area contributed by atoms with Crippen LogP contribution in [0.4, 0.5) is 0 Å². The number of hydrogen-bond donors (Lipinski definition) is 0. The van der Waals surface area contributed by atoms with E-state index < -0.39 is 20.6 Å². The molecule has 0 amide bonds. The molecule has 3 nitrogen and oxygen atoms in total. The first-order chi connectivity index (χ1) is 43.8. The van der Waals surface area contributed by atoms with Crippen LogP contribution in [0.2, 0.25) is 0 Å². The molecule has 0 atom stereocenters. The van der Waals surface area contributed by atoms with E-state index in [1.54, 1.807) is 0 Å². The van der Waals surface area contributed by atoms with Crippen molar-refractivity contribution in [2.45, 2.75) is 198 Å². The lowest BCUT2D eigenvalue weighted by Crippen LogP contribution is -2.33. The van der Waals surface area contributed by atoms with Crippen molar-refractivity contribution in [3.63, 3.8) is 0 Å². The third kappa shape index (κ3) is 15.6. The number of aromatic nitrogens is 3. The molecule has 0 aliphatic rings. The lowest BCUT2D eigenvalue weighted by Gasteiger charge is -2.24. The van der Waals surface area contributed by atoms with Crippen LogP contribution in [0.15, 0.2) is 164 Å². The highest BCUT2D eigenvalue weighted by atomic mass is 14.9. The lowest BCUT2D eigenvalue weighted by atomic mass is 9.80. The smallest absolute Gasteiger partial charge is 0.201 e.